The van der Waals surface area contributed by atoms with Gasteiger partial charge in [-0.15, -0.1) is 0 Å². The number of rotatable bonds is 9. The maximum Gasteiger partial charge on any atom is 0.337 e. The van der Waals surface area contributed by atoms with Gasteiger partial charge in [-0.05, 0) is 31.0 Å². The molecule has 4 nitrogen and oxygen atoms in total. The van der Waals surface area contributed by atoms with E-state index in [1.54, 1.807) is 6.07 Å². The fraction of sp³-hybridized carbons (Fsp3) is 0.562. The molecule has 0 radical (unpaired) electrons. The number of carboxylic acid groups (broad SMARTS) is 1. The smallest absolute Gasteiger partial charge is 0.337 e. The van der Waals surface area contributed by atoms with E-state index in [4.69, 9.17) is 10.8 Å². The van der Waals surface area contributed by atoms with Crippen LogP contribution < -0.4 is 11.1 Å². The summed E-state index contributed by atoms with van der Waals surface area (Å²) in [4.78, 5) is 11.1. The van der Waals surface area contributed by atoms with Crippen molar-refractivity contribution in [3.05, 3.63) is 23.3 Å². The number of hydrogen-bond acceptors (Lipinski definition) is 3. The zero-order chi connectivity index (χ0) is 15.0. The highest BCUT2D eigenvalue weighted by atomic mass is 16.4. The standard InChI is InChI=1S/C16H26N2O2/c1-3-4-5-6-7-8-9-18-13-10-12(2)15(17)14(11-13)16(19)20/h10-11,18H,3-9,17H2,1-2H3,(H,19,20). The second kappa shape index (κ2) is 8.46. The van der Waals surface area contributed by atoms with E-state index >= 15 is 0 Å². The van der Waals surface area contributed by atoms with Crippen LogP contribution in [0.3, 0.4) is 0 Å². The number of hydrogen-bond donors (Lipinski definition) is 3. The Labute approximate surface area is 121 Å². The Morgan fingerprint density at radius 1 is 1.20 bits per heavy atom. The summed E-state index contributed by atoms with van der Waals surface area (Å²) in [6.45, 7) is 4.91. The predicted molar refractivity (Wildman–Crippen MR) is 84.4 cm³/mol. The lowest BCUT2D eigenvalue weighted by Crippen LogP contribution is -2.08. The molecule has 1 aromatic carbocycles. The first-order valence-electron chi connectivity index (χ1n) is 7.43. The molecule has 0 aliphatic carbocycles. The topological polar surface area (TPSA) is 75.3 Å². The van der Waals surface area contributed by atoms with Crippen LogP contribution in [0.4, 0.5) is 11.4 Å². The molecule has 0 spiro atoms. The maximum atomic E-state index is 11.1. The summed E-state index contributed by atoms with van der Waals surface area (Å²) in [6, 6.07) is 3.51. The summed E-state index contributed by atoms with van der Waals surface area (Å²) in [7, 11) is 0. The van der Waals surface area contributed by atoms with Gasteiger partial charge >= 0.3 is 5.97 Å². The Morgan fingerprint density at radius 2 is 1.85 bits per heavy atom. The average Bonchev–Trinajstić information content (AvgIpc) is 2.41. The summed E-state index contributed by atoms with van der Waals surface area (Å²) in [5.41, 5.74) is 7.93. The van der Waals surface area contributed by atoms with Crippen LogP contribution in [0.2, 0.25) is 0 Å². The molecule has 0 aliphatic heterocycles. The molecule has 20 heavy (non-hydrogen) atoms. The molecule has 0 saturated heterocycles. The van der Waals surface area contributed by atoms with Crippen molar-refractivity contribution in [2.24, 2.45) is 0 Å². The number of carbonyl (C=O) groups is 1. The third kappa shape index (κ3) is 5.11. The van der Waals surface area contributed by atoms with Gasteiger partial charge in [0.1, 0.15) is 0 Å². The summed E-state index contributed by atoms with van der Waals surface area (Å²) < 4.78 is 0. The number of carboxylic acids is 1. The van der Waals surface area contributed by atoms with Crippen LogP contribution in [0.15, 0.2) is 12.1 Å². The fourth-order valence-electron chi connectivity index (χ4n) is 2.22. The normalized spacial score (nSPS) is 10.5. The van der Waals surface area contributed by atoms with Crippen molar-refractivity contribution in [1.82, 2.24) is 0 Å². The lowest BCUT2D eigenvalue weighted by Gasteiger charge is -2.11. The molecule has 0 fully saturated rings. The Morgan fingerprint density at radius 3 is 2.50 bits per heavy atom. The minimum absolute atomic E-state index is 0.176. The monoisotopic (exact) mass is 278 g/mol. The summed E-state index contributed by atoms with van der Waals surface area (Å²) in [5.74, 6) is -0.978. The van der Waals surface area contributed by atoms with Gasteiger partial charge in [-0.1, -0.05) is 39.0 Å². The number of nitrogen functional groups attached to an aromatic ring is 1. The van der Waals surface area contributed by atoms with Gasteiger partial charge in [0.15, 0.2) is 0 Å². The largest absolute Gasteiger partial charge is 0.478 e. The number of anilines is 2. The van der Waals surface area contributed by atoms with Crippen LogP contribution in [0, 0.1) is 6.92 Å². The highest BCUT2D eigenvalue weighted by molar-refractivity contribution is 5.95. The van der Waals surface area contributed by atoms with Gasteiger partial charge in [-0.3, -0.25) is 0 Å². The molecule has 4 N–H and O–H groups in total. The zero-order valence-electron chi connectivity index (χ0n) is 12.5. The van der Waals surface area contributed by atoms with E-state index in [1.165, 1.54) is 32.1 Å². The molecule has 0 aliphatic rings. The van der Waals surface area contributed by atoms with Gasteiger partial charge in [-0.25, -0.2) is 4.79 Å². The SMILES string of the molecule is CCCCCCCCNc1cc(C)c(N)c(C(=O)O)c1. The van der Waals surface area contributed by atoms with E-state index in [-0.39, 0.29) is 5.56 Å². The number of nitrogens with one attached hydrogen (secondary N) is 1. The van der Waals surface area contributed by atoms with Crippen LogP contribution in [0.5, 0.6) is 0 Å². The molecule has 0 saturated carbocycles. The minimum atomic E-state index is -0.978. The van der Waals surface area contributed by atoms with Crippen molar-refractivity contribution in [3.63, 3.8) is 0 Å². The third-order valence-electron chi connectivity index (χ3n) is 3.48. The van der Waals surface area contributed by atoms with Crippen LogP contribution in [0.25, 0.3) is 0 Å². The molecule has 0 amide bonds. The number of benzene rings is 1. The molecule has 1 rings (SSSR count). The first kappa shape index (κ1) is 16.3. The quantitative estimate of drug-likeness (QED) is 0.470. The Balaban J connectivity index is 2.43. The zero-order valence-corrected chi connectivity index (χ0v) is 12.5. The number of nitrogens with two attached hydrogens (primary N) is 1. The Hall–Kier alpha value is -1.71. The highest BCUT2D eigenvalue weighted by Gasteiger charge is 2.11. The molecular weight excluding hydrogens is 252 g/mol. The van der Waals surface area contributed by atoms with Gasteiger partial charge in [0.05, 0.1) is 5.56 Å². The highest BCUT2D eigenvalue weighted by Crippen LogP contribution is 2.23. The van der Waals surface area contributed by atoms with Crippen LogP contribution in [0.1, 0.15) is 61.4 Å². The molecule has 0 atom stereocenters. The van der Waals surface area contributed by atoms with Crippen molar-refractivity contribution in [1.29, 1.82) is 0 Å². The molecule has 1 aromatic rings. The molecular formula is C16H26N2O2. The molecule has 0 heterocycles. The van der Waals surface area contributed by atoms with E-state index < -0.39 is 5.97 Å². The summed E-state index contributed by atoms with van der Waals surface area (Å²) in [5, 5.41) is 12.4. The van der Waals surface area contributed by atoms with Gasteiger partial charge < -0.3 is 16.2 Å². The van der Waals surface area contributed by atoms with Gasteiger partial charge in [-0.2, -0.15) is 0 Å². The molecule has 4 heteroatoms. The number of aryl methyl sites for hydroxylation is 1. The number of unbranched alkanes of at least 4 members (excludes halogenated alkanes) is 5. The Bertz CT molecular complexity index is 444. The Kier molecular flexibility index (Phi) is 6.91. The van der Waals surface area contributed by atoms with Gasteiger partial charge in [0, 0.05) is 17.9 Å². The first-order valence-corrected chi connectivity index (χ1v) is 7.43. The minimum Gasteiger partial charge on any atom is -0.478 e. The van der Waals surface area contributed by atoms with Crippen LogP contribution in [-0.2, 0) is 0 Å². The van der Waals surface area contributed by atoms with Crippen LogP contribution >= 0.6 is 0 Å². The molecule has 0 bridgehead atoms. The molecule has 0 unspecified atom stereocenters. The molecule has 0 aromatic heterocycles. The van der Waals surface area contributed by atoms with E-state index in [2.05, 4.69) is 12.2 Å². The first-order chi connectivity index (χ1) is 9.56. The third-order valence-corrected chi connectivity index (χ3v) is 3.48. The summed E-state index contributed by atoms with van der Waals surface area (Å²) in [6.07, 6.45) is 7.48. The van der Waals surface area contributed by atoms with Crippen LogP contribution in [-0.4, -0.2) is 17.6 Å². The fourth-order valence-corrected chi connectivity index (χ4v) is 2.22. The van der Waals surface area contributed by atoms with E-state index in [0.717, 1.165) is 24.2 Å². The van der Waals surface area contributed by atoms with Gasteiger partial charge in [0.25, 0.3) is 0 Å². The van der Waals surface area contributed by atoms with Crippen molar-refractivity contribution < 1.29 is 9.90 Å². The lowest BCUT2D eigenvalue weighted by atomic mass is 10.1. The average molecular weight is 278 g/mol. The van der Waals surface area contributed by atoms with E-state index in [0.29, 0.717) is 5.69 Å². The lowest BCUT2D eigenvalue weighted by molar-refractivity contribution is 0.0698. The van der Waals surface area contributed by atoms with E-state index in [9.17, 15) is 4.79 Å². The number of aromatic carboxylic acids is 1. The van der Waals surface area contributed by atoms with Gasteiger partial charge in [0.2, 0.25) is 0 Å². The summed E-state index contributed by atoms with van der Waals surface area (Å²) >= 11 is 0. The molecule has 112 valence electrons. The van der Waals surface area contributed by atoms with Crippen molar-refractivity contribution in [2.75, 3.05) is 17.6 Å². The maximum absolute atomic E-state index is 11.1. The van der Waals surface area contributed by atoms with Crippen molar-refractivity contribution >= 4 is 17.3 Å². The van der Waals surface area contributed by atoms with E-state index in [1.807, 2.05) is 13.0 Å². The van der Waals surface area contributed by atoms with Crippen molar-refractivity contribution in [3.8, 4) is 0 Å². The van der Waals surface area contributed by atoms with Crippen molar-refractivity contribution in [2.45, 2.75) is 52.4 Å². The second-order valence-electron chi connectivity index (χ2n) is 5.25. The predicted octanol–water partition coefficient (Wildman–Crippen LogP) is 4.05. The second-order valence-corrected chi connectivity index (χ2v) is 5.25.